The number of hydrogen-bond acceptors (Lipinski definition) is 3. The summed E-state index contributed by atoms with van der Waals surface area (Å²) in [6, 6.07) is 0. The second-order valence-electron chi connectivity index (χ2n) is 2.56. The number of carbonyl (C=O) groups excluding carboxylic acids is 1. The Bertz CT molecular complexity index is 305. The normalized spacial score (nSPS) is 15.9. The van der Waals surface area contributed by atoms with E-state index >= 15 is 0 Å². The van der Waals surface area contributed by atoms with Crippen molar-refractivity contribution in [2.75, 3.05) is 0 Å². The van der Waals surface area contributed by atoms with Gasteiger partial charge in [-0.2, -0.15) is 0 Å². The van der Waals surface area contributed by atoms with Crippen LogP contribution in [-0.2, 0) is 17.8 Å². The number of nitrogens with zero attached hydrogens (tertiary/aromatic N) is 1. The van der Waals surface area contributed by atoms with Crippen LogP contribution in [0.4, 0.5) is 0 Å². The van der Waals surface area contributed by atoms with Gasteiger partial charge < -0.3 is 5.32 Å². The van der Waals surface area contributed by atoms with Gasteiger partial charge in [0.05, 0.1) is 23.7 Å². The van der Waals surface area contributed by atoms with Gasteiger partial charge >= 0.3 is 0 Å². The average molecular weight is 168 g/mol. The van der Waals surface area contributed by atoms with Crippen LogP contribution in [-0.4, -0.2) is 10.9 Å². The van der Waals surface area contributed by atoms with Crippen molar-refractivity contribution in [3.63, 3.8) is 0 Å². The molecule has 58 valence electrons. The lowest BCUT2D eigenvalue weighted by Crippen LogP contribution is -2.29. The summed E-state index contributed by atoms with van der Waals surface area (Å²) < 4.78 is 0. The van der Waals surface area contributed by atoms with Crippen molar-refractivity contribution in [3.8, 4) is 0 Å². The van der Waals surface area contributed by atoms with Crippen molar-refractivity contribution in [2.24, 2.45) is 0 Å². The number of rotatable bonds is 0. The number of thiazole rings is 1. The van der Waals surface area contributed by atoms with Crippen molar-refractivity contribution in [1.29, 1.82) is 0 Å². The van der Waals surface area contributed by atoms with Crippen LogP contribution in [0.5, 0.6) is 0 Å². The molecule has 0 atom stereocenters. The molecule has 0 saturated heterocycles. The van der Waals surface area contributed by atoms with Crippen molar-refractivity contribution in [1.82, 2.24) is 10.3 Å². The number of fused-ring (bicyclic) bond motifs is 1. The molecule has 4 heteroatoms. The first-order valence-electron chi connectivity index (χ1n) is 3.47. The third-order valence-electron chi connectivity index (χ3n) is 1.66. The molecule has 3 nitrogen and oxygen atoms in total. The highest BCUT2D eigenvalue weighted by atomic mass is 32.1. The first-order valence-corrected chi connectivity index (χ1v) is 4.29. The van der Waals surface area contributed by atoms with E-state index in [1.807, 2.05) is 6.92 Å². The molecule has 11 heavy (non-hydrogen) atoms. The number of amides is 1. The first-order chi connectivity index (χ1) is 5.25. The van der Waals surface area contributed by atoms with Crippen molar-refractivity contribution < 1.29 is 4.79 Å². The van der Waals surface area contributed by atoms with Crippen LogP contribution < -0.4 is 5.32 Å². The van der Waals surface area contributed by atoms with Crippen LogP contribution >= 0.6 is 11.3 Å². The van der Waals surface area contributed by atoms with Crippen LogP contribution in [0, 0.1) is 6.92 Å². The second kappa shape index (κ2) is 2.30. The van der Waals surface area contributed by atoms with Gasteiger partial charge in [-0.25, -0.2) is 4.98 Å². The molecule has 0 fully saturated rings. The van der Waals surface area contributed by atoms with Gasteiger partial charge in [0, 0.05) is 4.88 Å². The van der Waals surface area contributed by atoms with Crippen LogP contribution in [0.3, 0.4) is 0 Å². The van der Waals surface area contributed by atoms with Crippen molar-refractivity contribution in [2.45, 2.75) is 19.9 Å². The molecular formula is C7H8N2OS. The van der Waals surface area contributed by atoms with Gasteiger partial charge in [-0.15, -0.1) is 11.3 Å². The lowest BCUT2D eigenvalue weighted by atomic mass is 10.2. The van der Waals surface area contributed by atoms with E-state index < -0.39 is 0 Å². The van der Waals surface area contributed by atoms with Gasteiger partial charge in [0.1, 0.15) is 0 Å². The fraction of sp³-hybridized carbons (Fsp3) is 0.429. The van der Waals surface area contributed by atoms with E-state index in [0.29, 0.717) is 13.0 Å². The minimum Gasteiger partial charge on any atom is -0.350 e. The second-order valence-corrected chi connectivity index (χ2v) is 3.84. The average Bonchev–Trinajstić information content (AvgIpc) is 2.27. The predicted octanol–water partition coefficient (Wildman–Crippen LogP) is 0.624. The van der Waals surface area contributed by atoms with E-state index in [1.165, 1.54) is 0 Å². The molecule has 1 amide bonds. The van der Waals surface area contributed by atoms with E-state index in [0.717, 1.165) is 15.6 Å². The maximum Gasteiger partial charge on any atom is 0.225 e. The summed E-state index contributed by atoms with van der Waals surface area (Å²) in [6.45, 7) is 2.58. The Labute approximate surface area is 68.5 Å². The third kappa shape index (κ3) is 1.14. The largest absolute Gasteiger partial charge is 0.350 e. The molecule has 1 aromatic heterocycles. The van der Waals surface area contributed by atoms with E-state index in [-0.39, 0.29) is 5.91 Å². The van der Waals surface area contributed by atoms with E-state index in [4.69, 9.17) is 0 Å². The minimum absolute atomic E-state index is 0.112. The van der Waals surface area contributed by atoms with E-state index in [1.54, 1.807) is 11.3 Å². The highest BCUT2D eigenvalue weighted by Crippen LogP contribution is 2.20. The quantitative estimate of drug-likeness (QED) is 0.617. The molecule has 0 unspecified atom stereocenters. The smallest absolute Gasteiger partial charge is 0.225 e. The van der Waals surface area contributed by atoms with Gasteiger partial charge in [-0.05, 0) is 6.92 Å². The summed E-state index contributed by atoms with van der Waals surface area (Å²) in [6.07, 6.45) is 0.515. The molecular weight excluding hydrogens is 160 g/mol. The summed E-state index contributed by atoms with van der Waals surface area (Å²) in [4.78, 5) is 16.3. The Balaban J connectivity index is 2.41. The van der Waals surface area contributed by atoms with Crippen LogP contribution in [0.25, 0.3) is 0 Å². The van der Waals surface area contributed by atoms with Gasteiger partial charge in [-0.1, -0.05) is 0 Å². The Morgan fingerprint density at radius 2 is 2.45 bits per heavy atom. The van der Waals surface area contributed by atoms with Crippen LogP contribution in [0.15, 0.2) is 0 Å². The highest BCUT2D eigenvalue weighted by molar-refractivity contribution is 7.11. The molecule has 1 aliphatic rings. The van der Waals surface area contributed by atoms with Gasteiger partial charge in [0.2, 0.25) is 5.91 Å². The SMILES string of the molecule is Cc1nc2c(s1)CC(=O)NC2. The van der Waals surface area contributed by atoms with Crippen molar-refractivity contribution >= 4 is 17.2 Å². The summed E-state index contributed by atoms with van der Waals surface area (Å²) in [5.41, 5.74) is 1.05. The topological polar surface area (TPSA) is 42.0 Å². The molecule has 2 heterocycles. The molecule has 0 spiro atoms. The minimum atomic E-state index is 0.112. The fourth-order valence-electron chi connectivity index (χ4n) is 1.18. The molecule has 2 rings (SSSR count). The zero-order valence-corrected chi connectivity index (χ0v) is 6.99. The number of nitrogens with one attached hydrogen (secondary N) is 1. The summed E-state index contributed by atoms with van der Waals surface area (Å²) >= 11 is 1.62. The number of aromatic nitrogens is 1. The summed E-state index contributed by atoms with van der Waals surface area (Å²) in [5, 5.41) is 3.80. The maximum absolute atomic E-state index is 10.9. The van der Waals surface area contributed by atoms with Crippen LogP contribution in [0.2, 0.25) is 0 Å². The molecule has 0 bridgehead atoms. The van der Waals surface area contributed by atoms with Gasteiger partial charge in [0.15, 0.2) is 0 Å². The Morgan fingerprint density at radius 1 is 1.64 bits per heavy atom. The van der Waals surface area contributed by atoms with Crippen molar-refractivity contribution in [3.05, 3.63) is 15.6 Å². The zero-order valence-electron chi connectivity index (χ0n) is 6.18. The summed E-state index contributed by atoms with van der Waals surface area (Å²) in [5.74, 6) is 0.112. The van der Waals surface area contributed by atoms with E-state index in [2.05, 4.69) is 10.3 Å². The molecule has 0 aliphatic carbocycles. The first kappa shape index (κ1) is 6.79. The van der Waals surface area contributed by atoms with Gasteiger partial charge in [0.25, 0.3) is 0 Å². The van der Waals surface area contributed by atoms with Crippen LogP contribution in [0.1, 0.15) is 15.6 Å². The standard InChI is InChI=1S/C7H8N2OS/c1-4-9-5-3-8-7(10)2-6(5)11-4/h2-3H2,1H3,(H,8,10). The maximum atomic E-state index is 10.9. The lowest BCUT2D eigenvalue weighted by Gasteiger charge is -2.09. The molecule has 0 saturated carbocycles. The highest BCUT2D eigenvalue weighted by Gasteiger charge is 2.17. The Morgan fingerprint density at radius 3 is 3.27 bits per heavy atom. The molecule has 0 radical (unpaired) electrons. The number of carbonyl (C=O) groups is 1. The molecule has 0 aromatic carbocycles. The third-order valence-corrected chi connectivity index (χ3v) is 2.67. The Kier molecular flexibility index (Phi) is 1.42. The summed E-state index contributed by atoms with van der Waals surface area (Å²) in [7, 11) is 0. The monoisotopic (exact) mass is 168 g/mol. The Hall–Kier alpha value is -0.900. The fourth-order valence-corrected chi connectivity index (χ4v) is 2.13. The lowest BCUT2D eigenvalue weighted by molar-refractivity contribution is -0.121. The zero-order chi connectivity index (χ0) is 7.84. The number of aryl methyl sites for hydroxylation is 1. The molecule has 1 aromatic rings. The molecule has 1 N–H and O–H groups in total. The predicted molar refractivity (Wildman–Crippen MR) is 42.4 cm³/mol. The van der Waals surface area contributed by atoms with Gasteiger partial charge in [-0.3, -0.25) is 4.79 Å². The van der Waals surface area contributed by atoms with E-state index in [9.17, 15) is 4.79 Å². The molecule has 1 aliphatic heterocycles. The number of hydrogen-bond donors (Lipinski definition) is 1.